The van der Waals surface area contributed by atoms with Crippen molar-refractivity contribution in [3.05, 3.63) is 45.7 Å². The van der Waals surface area contributed by atoms with Gasteiger partial charge in [0.2, 0.25) is 21.8 Å². The number of hydrogen-bond donors (Lipinski definition) is 2. The molecule has 0 aliphatic carbocycles. The predicted octanol–water partition coefficient (Wildman–Crippen LogP) is 1.04. The minimum Gasteiger partial charge on any atom is -0.478 e. The van der Waals surface area contributed by atoms with Crippen LogP contribution in [0.15, 0.2) is 34.0 Å². The van der Waals surface area contributed by atoms with Gasteiger partial charge in [-0.3, -0.25) is 9.59 Å². The highest BCUT2D eigenvalue weighted by molar-refractivity contribution is 7.89. The number of pyridine rings is 1. The van der Waals surface area contributed by atoms with Gasteiger partial charge in [0.15, 0.2) is 0 Å². The summed E-state index contributed by atoms with van der Waals surface area (Å²) in [6, 6.07) is 8.65. The third kappa shape index (κ3) is 3.86. The summed E-state index contributed by atoms with van der Waals surface area (Å²) in [7, 11) is -3.90. The van der Waals surface area contributed by atoms with E-state index in [1.807, 2.05) is 6.07 Å². The molecule has 0 saturated carbocycles. The maximum Gasteiger partial charge on any atom is 0.280 e. The number of aromatic nitrogens is 1. The van der Waals surface area contributed by atoms with Gasteiger partial charge in [0.25, 0.3) is 5.56 Å². The number of carbonyl (C=O) groups excluding carboxylic acids is 1. The largest absolute Gasteiger partial charge is 0.478 e. The van der Waals surface area contributed by atoms with Crippen molar-refractivity contribution < 1.29 is 17.9 Å². The molecule has 1 heterocycles. The number of carbonyl (C=O) groups is 1. The number of benzene rings is 1. The molecule has 2 aromatic rings. The molecule has 0 spiro atoms. The van der Waals surface area contributed by atoms with E-state index in [9.17, 15) is 28.5 Å². The third-order valence-electron chi connectivity index (χ3n) is 3.61. The molecule has 0 fully saturated rings. The first-order valence-corrected chi connectivity index (χ1v) is 9.37. The van der Waals surface area contributed by atoms with E-state index in [1.165, 1.54) is 24.3 Å². The molecule has 3 N–H and O–H groups in total. The number of rotatable bonds is 5. The highest BCUT2D eigenvalue weighted by atomic mass is 32.2. The van der Waals surface area contributed by atoms with Gasteiger partial charge in [0.1, 0.15) is 23.3 Å². The van der Waals surface area contributed by atoms with Crippen LogP contribution in [0.5, 0.6) is 5.88 Å². The van der Waals surface area contributed by atoms with E-state index in [1.54, 1.807) is 13.0 Å². The molecule has 1 aromatic carbocycles. The van der Waals surface area contributed by atoms with Crippen LogP contribution in [0.1, 0.15) is 29.8 Å². The molecule has 144 valence electrons. The van der Waals surface area contributed by atoms with E-state index < -0.39 is 27.1 Å². The lowest BCUT2D eigenvalue weighted by Crippen LogP contribution is -2.30. The molecule has 1 aromatic heterocycles. The van der Waals surface area contributed by atoms with Gasteiger partial charge in [-0.15, -0.1) is 0 Å². The fraction of sp³-hybridized carbons (Fsp3) is 0.176. The molecule has 10 nitrogen and oxygen atoms in total. The van der Waals surface area contributed by atoms with Crippen LogP contribution in [-0.2, 0) is 10.0 Å². The molecule has 0 bridgehead atoms. The fourth-order valence-corrected chi connectivity index (χ4v) is 2.93. The van der Waals surface area contributed by atoms with Gasteiger partial charge in [-0.05, 0) is 31.2 Å². The minimum absolute atomic E-state index is 0.0653. The molecule has 28 heavy (non-hydrogen) atoms. The Labute approximate surface area is 160 Å². The average molecular weight is 401 g/mol. The number of nitriles is 2. The van der Waals surface area contributed by atoms with Crippen LogP contribution < -0.4 is 20.8 Å². The van der Waals surface area contributed by atoms with Crippen LogP contribution in [0.3, 0.4) is 0 Å². The van der Waals surface area contributed by atoms with Crippen molar-refractivity contribution in [3.8, 4) is 18.0 Å². The topological polar surface area (TPSA) is 168 Å². The molecule has 2 rings (SSSR count). The first-order chi connectivity index (χ1) is 13.1. The van der Waals surface area contributed by atoms with Crippen LogP contribution in [0.25, 0.3) is 0 Å². The summed E-state index contributed by atoms with van der Waals surface area (Å²) in [5.74, 6) is -1.00. The third-order valence-corrected chi connectivity index (χ3v) is 4.53. The van der Waals surface area contributed by atoms with Gasteiger partial charge in [-0.25, -0.2) is 18.1 Å². The molecule has 11 heteroatoms. The first-order valence-electron chi connectivity index (χ1n) is 7.82. The summed E-state index contributed by atoms with van der Waals surface area (Å²) in [5, 5.41) is 26.8. The smallest absolute Gasteiger partial charge is 0.280 e. The molecule has 0 aliphatic rings. The van der Waals surface area contributed by atoms with Gasteiger partial charge >= 0.3 is 0 Å². The molecule has 0 saturated heterocycles. The zero-order chi connectivity index (χ0) is 21.1. The SMILES string of the molecule is CCOc1c(C#N)c(Nc2ccc(S(N)(=O)=O)cc2)c(C#N)c(=O)n1C(C)=O. The lowest BCUT2D eigenvalue weighted by molar-refractivity contribution is 0.0918. The number of anilines is 2. The monoisotopic (exact) mass is 401 g/mol. The zero-order valence-corrected chi connectivity index (χ0v) is 15.7. The van der Waals surface area contributed by atoms with E-state index >= 15 is 0 Å². The van der Waals surface area contributed by atoms with E-state index in [0.29, 0.717) is 4.57 Å². The van der Waals surface area contributed by atoms with Gasteiger partial charge in [0, 0.05) is 12.6 Å². The number of nitrogens with zero attached hydrogens (tertiary/aromatic N) is 3. The number of ether oxygens (including phenoxy) is 1. The number of hydrogen-bond acceptors (Lipinski definition) is 8. The van der Waals surface area contributed by atoms with E-state index in [4.69, 9.17) is 9.88 Å². The van der Waals surface area contributed by atoms with E-state index in [-0.39, 0.29) is 34.3 Å². The molecule has 0 unspecified atom stereocenters. The van der Waals surface area contributed by atoms with Crippen LogP contribution in [0, 0.1) is 22.7 Å². The highest BCUT2D eigenvalue weighted by Gasteiger charge is 2.25. The quantitative estimate of drug-likeness (QED) is 0.749. The second-order valence-corrected chi connectivity index (χ2v) is 7.00. The summed E-state index contributed by atoms with van der Waals surface area (Å²) >= 11 is 0. The molecular weight excluding hydrogens is 386 g/mol. The standard InChI is InChI=1S/C17H15N5O5S/c1-3-27-17-14(9-19)15(13(8-18)16(24)22(17)10(2)23)21-11-4-6-12(7-5-11)28(20,25)26/h4-7,21H,3H2,1-2H3,(H2,20,25,26). The molecule has 0 radical (unpaired) electrons. The molecular formula is C17H15N5O5S. The van der Waals surface area contributed by atoms with Crippen molar-refractivity contribution in [1.82, 2.24) is 4.57 Å². The maximum absolute atomic E-state index is 12.6. The maximum atomic E-state index is 12.6. The second kappa shape index (κ2) is 7.92. The lowest BCUT2D eigenvalue weighted by Gasteiger charge is -2.17. The van der Waals surface area contributed by atoms with Crippen LogP contribution in [0.4, 0.5) is 11.4 Å². The van der Waals surface area contributed by atoms with Gasteiger partial charge in [-0.2, -0.15) is 10.5 Å². The number of nitrogens with two attached hydrogens (primary N) is 1. The van der Waals surface area contributed by atoms with E-state index in [0.717, 1.165) is 6.92 Å². The van der Waals surface area contributed by atoms with Crippen molar-refractivity contribution in [1.29, 1.82) is 10.5 Å². The average Bonchev–Trinajstić information content (AvgIpc) is 2.62. The zero-order valence-electron chi connectivity index (χ0n) is 14.9. The van der Waals surface area contributed by atoms with Crippen LogP contribution in [-0.4, -0.2) is 25.5 Å². The van der Waals surface area contributed by atoms with Gasteiger partial charge < -0.3 is 10.1 Å². The predicted molar refractivity (Wildman–Crippen MR) is 98.7 cm³/mol. The highest BCUT2D eigenvalue weighted by Crippen LogP contribution is 2.30. The minimum atomic E-state index is -3.90. The Hall–Kier alpha value is -3.67. The molecule has 0 amide bonds. The van der Waals surface area contributed by atoms with Crippen molar-refractivity contribution in [2.45, 2.75) is 18.7 Å². The Morgan fingerprint density at radius 3 is 2.21 bits per heavy atom. The summed E-state index contributed by atoms with van der Waals surface area (Å²) < 4.78 is 28.6. The second-order valence-electron chi connectivity index (χ2n) is 5.44. The van der Waals surface area contributed by atoms with Crippen molar-refractivity contribution in [2.75, 3.05) is 11.9 Å². The number of nitrogens with one attached hydrogen (secondary N) is 1. The van der Waals surface area contributed by atoms with Crippen LogP contribution >= 0.6 is 0 Å². The van der Waals surface area contributed by atoms with Crippen LogP contribution in [0.2, 0.25) is 0 Å². The molecule has 0 atom stereocenters. The summed E-state index contributed by atoms with van der Waals surface area (Å²) in [6.07, 6.45) is 0. The summed E-state index contributed by atoms with van der Waals surface area (Å²) in [4.78, 5) is 24.3. The van der Waals surface area contributed by atoms with Gasteiger partial charge in [-0.1, -0.05) is 0 Å². The normalized spacial score (nSPS) is 10.6. The fourth-order valence-electron chi connectivity index (χ4n) is 2.42. The Bertz CT molecular complexity index is 1180. The summed E-state index contributed by atoms with van der Waals surface area (Å²) in [6.45, 7) is 2.77. The molecule has 0 aliphatic heterocycles. The summed E-state index contributed by atoms with van der Waals surface area (Å²) in [5.41, 5.74) is -1.50. The Kier molecular flexibility index (Phi) is 5.84. The van der Waals surface area contributed by atoms with E-state index in [2.05, 4.69) is 5.32 Å². The van der Waals surface area contributed by atoms with Gasteiger partial charge in [0.05, 0.1) is 17.2 Å². The van der Waals surface area contributed by atoms with Crippen molar-refractivity contribution >= 4 is 27.3 Å². The Morgan fingerprint density at radius 1 is 1.21 bits per heavy atom. The van der Waals surface area contributed by atoms with Crippen molar-refractivity contribution in [3.63, 3.8) is 0 Å². The lowest BCUT2D eigenvalue weighted by atomic mass is 10.1. The Balaban J connectivity index is 2.73. The first kappa shape index (κ1) is 20.6. The Morgan fingerprint density at radius 2 is 1.79 bits per heavy atom. The number of primary sulfonamides is 1. The van der Waals surface area contributed by atoms with Crippen molar-refractivity contribution in [2.24, 2.45) is 5.14 Å². The number of sulfonamides is 1.